The zero-order valence-corrected chi connectivity index (χ0v) is 27.6. The van der Waals surface area contributed by atoms with Gasteiger partial charge in [-0.15, -0.1) is 0 Å². The van der Waals surface area contributed by atoms with Crippen LogP contribution in [-0.2, 0) is 11.3 Å². The number of carbonyl (C=O) groups excluding carboxylic acids is 1. The van der Waals surface area contributed by atoms with Crippen LogP contribution in [0, 0.1) is 12.8 Å². The largest absolute Gasteiger partial charge is 1.00 e. The van der Waals surface area contributed by atoms with Crippen molar-refractivity contribution < 1.29 is 35.0 Å². The van der Waals surface area contributed by atoms with E-state index in [1.54, 1.807) is 11.8 Å². The van der Waals surface area contributed by atoms with Gasteiger partial charge in [-0.05, 0) is 72.1 Å². The number of aliphatic carboxylic acids is 1. The summed E-state index contributed by atoms with van der Waals surface area (Å²) in [4.78, 5) is 25.2. The summed E-state index contributed by atoms with van der Waals surface area (Å²) < 4.78 is 0.225. The Morgan fingerprint density at radius 3 is 2.41 bits per heavy atom. The number of thioether (sulfide) groups is 2. The van der Waals surface area contributed by atoms with Crippen molar-refractivity contribution in [2.24, 2.45) is 5.92 Å². The van der Waals surface area contributed by atoms with Crippen LogP contribution in [0.1, 0.15) is 88.6 Å². The number of carboxylic acids is 1. The zero-order chi connectivity index (χ0) is 29.1. The van der Waals surface area contributed by atoms with Crippen LogP contribution in [0.2, 0.25) is 0 Å². The molecule has 1 amide bonds. The van der Waals surface area contributed by atoms with E-state index >= 15 is 0 Å². The SMILES string of the molecule is CSCCC(NC(=O)c1ccc(CNC(CSC(C)(C)C)CC2CCCCC2)cc1-c1ccccc1C)C(=O)O.[H-].[Li+]. The number of carboxylic acid groups (broad SMARTS) is 1. The predicted molar refractivity (Wildman–Crippen MR) is 174 cm³/mol. The molecule has 0 bridgehead atoms. The van der Waals surface area contributed by atoms with E-state index in [9.17, 15) is 14.7 Å². The average molecular weight is 593 g/mol. The molecule has 0 aliphatic heterocycles. The van der Waals surface area contributed by atoms with Crippen LogP contribution in [0.15, 0.2) is 42.5 Å². The summed E-state index contributed by atoms with van der Waals surface area (Å²) in [6.07, 6.45) is 10.3. The van der Waals surface area contributed by atoms with E-state index in [4.69, 9.17) is 0 Å². The Hall–Kier alpha value is -1.36. The number of rotatable bonds is 14. The summed E-state index contributed by atoms with van der Waals surface area (Å²) >= 11 is 3.60. The van der Waals surface area contributed by atoms with E-state index in [0.717, 1.165) is 40.5 Å². The van der Waals surface area contributed by atoms with Crippen molar-refractivity contribution in [1.82, 2.24) is 10.6 Å². The van der Waals surface area contributed by atoms with E-state index in [1.807, 2.05) is 61.3 Å². The number of benzene rings is 2. The molecule has 0 spiro atoms. The van der Waals surface area contributed by atoms with Gasteiger partial charge in [0.05, 0.1) is 0 Å². The van der Waals surface area contributed by atoms with E-state index < -0.39 is 12.0 Å². The Labute approximate surface area is 269 Å². The van der Waals surface area contributed by atoms with Gasteiger partial charge in [-0.25, -0.2) is 4.79 Å². The molecule has 0 aromatic heterocycles. The maximum absolute atomic E-state index is 13.4. The van der Waals surface area contributed by atoms with Gasteiger partial charge in [0, 0.05) is 28.6 Å². The van der Waals surface area contributed by atoms with Crippen molar-refractivity contribution in [3.8, 4) is 11.1 Å². The molecule has 41 heavy (non-hydrogen) atoms. The van der Waals surface area contributed by atoms with Gasteiger partial charge >= 0.3 is 24.8 Å². The van der Waals surface area contributed by atoms with Gasteiger partial charge in [-0.1, -0.05) is 83.2 Å². The number of hydrogen-bond donors (Lipinski definition) is 3. The van der Waals surface area contributed by atoms with E-state index in [0.29, 0.717) is 23.8 Å². The molecular weight excluding hydrogens is 543 g/mol. The normalized spacial score (nSPS) is 15.5. The van der Waals surface area contributed by atoms with Gasteiger partial charge in [0.2, 0.25) is 0 Å². The van der Waals surface area contributed by atoms with Crippen molar-refractivity contribution >= 4 is 35.4 Å². The molecule has 3 N–H and O–H groups in total. The molecule has 1 aliphatic rings. The Balaban J connectivity index is 0.00000441. The fourth-order valence-corrected chi connectivity index (χ4v) is 6.80. The molecule has 3 rings (SSSR count). The molecular formula is C33H49LiN2O3S2. The second kappa shape index (κ2) is 17.7. The van der Waals surface area contributed by atoms with Gasteiger partial charge in [0.15, 0.2) is 0 Å². The maximum atomic E-state index is 13.4. The van der Waals surface area contributed by atoms with Gasteiger partial charge < -0.3 is 17.2 Å². The van der Waals surface area contributed by atoms with Crippen molar-refractivity contribution in [3.05, 3.63) is 59.2 Å². The van der Waals surface area contributed by atoms with Crippen LogP contribution in [0.3, 0.4) is 0 Å². The van der Waals surface area contributed by atoms with Gasteiger partial charge in [-0.3, -0.25) is 4.79 Å². The Kier molecular flexibility index (Phi) is 15.5. The first-order valence-electron chi connectivity index (χ1n) is 14.7. The molecule has 1 aliphatic carbocycles. The number of amides is 1. The van der Waals surface area contributed by atoms with E-state index in [-0.39, 0.29) is 30.9 Å². The molecule has 2 atom stereocenters. The van der Waals surface area contributed by atoms with Crippen LogP contribution < -0.4 is 29.5 Å². The Bertz CT molecular complexity index is 1120. The van der Waals surface area contributed by atoms with Crippen LogP contribution in [0.5, 0.6) is 0 Å². The van der Waals surface area contributed by atoms with Crippen LogP contribution in [0.25, 0.3) is 11.1 Å². The minimum atomic E-state index is -1.00. The number of carbonyl (C=O) groups is 2. The molecule has 2 aromatic carbocycles. The first-order chi connectivity index (χ1) is 19.1. The van der Waals surface area contributed by atoms with Crippen LogP contribution in [-0.4, -0.2) is 51.6 Å². The third-order valence-corrected chi connectivity index (χ3v) is 9.71. The molecule has 1 saturated carbocycles. The molecule has 222 valence electrons. The summed E-state index contributed by atoms with van der Waals surface area (Å²) in [7, 11) is 0. The fourth-order valence-electron chi connectivity index (χ4n) is 5.37. The summed E-state index contributed by atoms with van der Waals surface area (Å²) in [6.45, 7) is 9.62. The minimum absolute atomic E-state index is 0. The first-order valence-corrected chi connectivity index (χ1v) is 17.0. The van der Waals surface area contributed by atoms with Crippen molar-refractivity contribution in [2.75, 3.05) is 17.8 Å². The fraction of sp³-hybridized carbons (Fsp3) is 0.576. The quantitative estimate of drug-likeness (QED) is 0.277. The average Bonchev–Trinajstić information content (AvgIpc) is 2.92. The van der Waals surface area contributed by atoms with Crippen LogP contribution >= 0.6 is 23.5 Å². The Morgan fingerprint density at radius 1 is 1.07 bits per heavy atom. The Morgan fingerprint density at radius 2 is 1.78 bits per heavy atom. The zero-order valence-electron chi connectivity index (χ0n) is 26.9. The predicted octanol–water partition coefficient (Wildman–Crippen LogP) is 4.67. The topological polar surface area (TPSA) is 78.4 Å². The molecule has 2 aromatic rings. The monoisotopic (exact) mass is 592 g/mol. The summed E-state index contributed by atoms with van der Waals surface area (Å²) in [5.74, 6) is 1.20. The van der Waals surface area contributed by atoms with Crippen LogP contribution in [0.4, 0.5) is 0 Å². The van der Waals surface area contributed by atoms with Crippen molar-refractivity contribution in [1.29, 1.82) is 0 Å². The second-order valence-corrected chi connectivity index (χ2v) is 14.9. The summed E-state index contributed by atoms with van der Waals surface area (Å²) in [6, 6.07) is 13.6. The minimum Gasteiger partial charge on any atom is -1.00 e. The third kappa shape index (κ3) is 12.0. The van der Waals surface area contributed by atoms with Gasteiger partial charge in [-0.2, -0.15) is 23.5 Å². The molecule has 1 fully saturated rings. The first kappa shape index (κ1) is 35.8. The van der Waals surface area contributed by atoms with Gasteiger partial charge in [0.1, 0.15) is 6.04 Å². The van der Waals surface area contributed by atoms with Crippen molar-refractivity contribution in [3.63, 3.8) is 0 Å². The third-order valence-electron chi connectivity index (χ3n) is 7.63. The molecule has 0 heterocycles. The smallest absolute Gasteiger partial charge is 1.00 e. The molecule has 5 nitrogen and oxygen atoms in total. The van der Waals surface area contributed by atoms with Gasteiger partial charge in [0.25, 0.3) is 5.91 Å². The molecule has 8 heteroatoms. The summed E-state index contributed by atoms with van der Waals surface area (Å²) in [5.41, 5.74) is 4.55. The van der Waals surface area contributed by atoms with E-state index in [2.05, 4.69) is 37.5 Å². The standard InChI is InChI=1S/C33H48N2O3S2.Li.H/c1-23-11-9-10-14-27(23)29-20-25(15-16-28(29)31(36)35-30(32(37)38)17-18-39-5)21-34-26(22-40-33(2,3)4)19-24-12-7-6-8-13-24;;/h9-11,14-16,20,24,26,30,34H,6-8,12-13,17-19,21-22H2,1-5H3,(H,35,36)(H,37,38);;/q;+1;-1. The summed E-state index contributed by atoms with van der Waals surface area (Å²) in [5, 5.41) is 16.3. The number of hydrogen-bond acceptors (Lipinski definition) is 5. The molecule has 0 saturated heterocycles. The second-order valence-electron chi connectivity index (χ2n) is 12.1. The number of aryl methyl sites for hydroxylation is 1. The van der Waals surface area contributed by atoms with E-state index in [1.165, 1.54) is 38.5 Å². The maximum Gasteiger partial charge on any atom is 1.00 e. The van der Waals surface area contributed by atoms with Crippen molar-refractivity contribution in [2.45, 2.75) is 96.0 Å². The number of nitrogens with one attached hydrogen (secondary N) is 2. The molecule has 0 radical (unpaired) electrons. The molecule has 2 unspecified atom stereocenters.